The third-order valence-electron chi connectivity index (χ3n) is 2.41. The topological polar surface area (TPSA) is 26.3 Å². The van der Waals surface area contributed by atoms with Crippen LogP contribution in [0.15, 0.2) is 0 Å². The molecule has 17 heavy (non-hydrogen) atoms. The first-order valence-electron chi connectivity index (χ1n) is 6.43. The summed E-state index contributed by atoms with van der Waals surface area (Å²) in [6, 6.07) is 0. The number of hydrogen-bond donors (Lipinski definition) is 0. The van der Waals surface area contributed by atoms with Crippen molar-refractivity contribution in [2.45, 2.75) is 64.5 Å². The summed E-state index contributed by atoms with van der Waals surface area (Å²) in [4.78, 5) is 11.1. The van der Waals surface area contributed by atoms with Gasteiger partial charge in [0.05, 0.1) is 6.61 Å². The fraction of sp³-hybridized carbons (Fsp3) is 0.846. The number of ether oxygens (including phenoxy) is 1. The molecule has 0 bridgehead atoms. The average molecular weight is 276 g/mol. The van der Waals surface area contributed by atoms with Crippen molar-refractivity contribution in [2.24, 2.45) is 0 Å². The van der Waals surface area contributed by atoms with Crippen LogP contribution in [-0.4, -0.2) is 22.0 Å². The van der Waals surface area contributed by atoms with Crippen molar-refractivity contribution in [1.29, 1.82) is 0 Å². The van der Waals surface area contributed by atoms with Crippen LogP contribution < -0.4 is 0 Å². The molecule has 100 valence electrons. The minimum absolute atomic E-state index is 0.230. The standard InChI is InChI=1S/C13H24O2S2/c1-4-8-12(17-11(3)14)9-6-7-10-13(16)15-5-2/h12H,4-10H2,1-3H3. The molecular formula is C13H24O2S2. The molecule has 4 heteroatoms. The zero-order chi connectivity index (χ0) is 13.1. The molecule has 0 amide bonds. The Morgan fingerprint density at radius 2 is 2.00 bits per heavy atom. The lowest BCUT2D eigenvalue weighted by molar-refractivity contribution is -0.109. The van der Waals surface area contributed by atoms with Gasteiger partial charge in [-0.1, -0.05) is 31.5 Å². The molecule has 0 aromatic rings. The summed E-state index contributed by atoms with van der Waals surface area (Å²) in [6.45, 7) is 6.43. The third kappa shape index (κ3) is 10.8. The first kappa shape index (κ1) is 16.9. The maximum absolute atomic E-state index is 11.1. The highest BCUT2D eigenvalue weighted by molar-refractivity contribution is 8.14. The van der Waals surface area contributed by atoms with Gasteiger partial charge in [0.15, 0.2) is 10.2 Å². The molecule has 1 unspecified atom stereocenters. The third-order valence-corrected chi connectivity index (χ3v) is 3.86. The highest BCUT2D eigenvalue weighted by atomic mass is 32.2. The van der Waals surface area contributed by atoms with Crippen molar-refractivity contribution in [3.63, 3.8) is 0 Å². The fourth-order valence-electron chi connectivity index (χ4n) is 1.69. The Morgan fingerprint density at radius 1 is 1.29 bits per heavy atom. The first-order valence-corrected chi connectivity index (χ1v) is 7.71. The molecule has 0 saturated carbocycles. The zero-order valence-corrected chi connectivity index (χ0v) is 12.8. The molecule has 0 aliphatic heterocycles. The monoisotopic (exact) mass is 276 g/mol. The maximum atomic E-state index is 11.1. The minimum atomic E-state index is 0.230. The van der Waals surface area contributed by atoms with Crippen molar-refractivity contribution in [1.82, 2.24) is 0 Å². The van der Waals surface area contributed by atoms with E-state index in [0.717, 1.165) is 43.6 Å². The summed E-state index contributed by atoms with van der Waals surface area (Å²) in [7, 11) is 0. The SMILES string of the molecule is CCCC(CCCCC(=S)OCC)SC(C)=O. The van der Waals surface area contributed by atoms with Crippen LogP contribution in [-0.2, 0) is 9.53 Å². The average Bonchev–Trinajstić information content (AvgIpc) is 2.24. The number of carbonyl (C=O) groups excluding carboxylic acids is 1. The Hall–Kier alpha value is -0.0900. The lowest BCUT2D eigenvalue weighted by atomic mass is 10.1. The molecule has 0 heterocycles. The van der Waals surface area contributed by atoms with Gasteiger partial charge in [-0.05, 0) is 38.4 Å². The molecule has 0 aromatic carbocycles. The van der Waals surface area contributed by atoms with Crippen LogP contribution in [0.25, 0.3) is 0 Å². The van der Waals surface area contributed by atoms with Crippen molar-refractivity contribution in [3.8, 4) is 0 Å². The zero-order valence-electron chi connectivity index (χ0n) is 11.2. The summed E-state index contributed by atoms with van der Waals surface area (Å²) in [5.41, 5.74) is 0. The van der Waals surface area contributed by atoms with Crippen molar-refractivity contribution in [2.75, 3.05) is 6.61 Å². The number of thioether (sulfide) groups is 1. The number of hydrogen-bond acceptors (Lipinski definition) is 4. The predicted octanol–water partition coefficient (Wildman–Crippen LogP) is 4.36. The van der Waals surface area contributed by atoms with E-state index in [1.165, 1.54) is 11.8 Å². The predicted molar refractivity (Wildman–Crippen MR) is 79.7 cm³/mol. The number of thiocarbonyl (C=S) groups is 1. The lowest BCUT2D eigenvalue weighted by Crippen LogP contribution is -2.06. The van der Waals surface area contributed by atoms with E-state index in [1.807, 2.05) is 6.92 Å². The van der Waals surface area contributed by atoms with Gasteiger partial charge in [-0.15, -0.1) is 0 Å². The first-order chi connectivity index (χ1) is 8.10. The highest BCUT2D eigenvalue weighted by Crippen LogP contribution is 2.23. The van der Waals surface area contributed by atoms with Gasteiger partial charge in [0.1, 0.15) is 0 Å². The second-order valence-corrected chi connectivity index (χ2v) is 6.00. The Labute approximate surface area is 115 Å². The Bertz CT molecular complexity index is 229. The van der Waals surface area contributed by atoms with Crippen LogP contribution in [0.2, 0.25) is 0 Å². The molecule has 2 nitrogen and oxygen atoms in total. The Morgan fingerprint density at radius 3 is 2.53 bits per heavy atom. The van der Waals surface area contributed by atoms with E-state index in [0.29, 0.717) is 11.9 Å². The molecular weight excluding hydrogens is 252 g/mol. The number of rotatable bonds is 9. The molecule has 0 aliphatic rings. The second-order valence-electron chi connectivity index (χ2n) is 4.07. The molecule has 0 radical (unpaired) electrons. The van der Waals surface area contributed by atoms with E-state index in [2.05, 4.69) is 6.92 Å². The van der Waals surface area contributed by atoms with Gasteiger partial charge in [-0.3, -0.25) is 4.79 Å². The Kier molecular flexibility index (Phi) is 11.0. The van der Waals surface area contributed by atoms with Gasteiger partial charge in [0, 0.05) is 18.6 Å². The van der Waals surface area contributed by atoms with Crippen LogP contribution in [0.4, 0.5) is 0 Å². The molecule has 0 N–H and O–H groups in total. The minimum Gasteiger partial charge on any atom is -0.487 e. The van der Waals surface area contributed by atoms with Crippen LogP contribution >= 0.6 is 24.0 Å². The smallest absolute Gasteiger partial charge is 0.186 e. The van der Waals surface area contributed by atoms with Crippen LogP contribution in [0.1, 0.15) is 59.3 Å². The maximum Gasteiger partial charge on any atom is 0.186 e. The van der Waals surface area contributed by atoms with E-state index >= 15 is 0 Å². The van der Waals surface area contributed by atoms with Gasteiger partial charge in [0.2, 0.25) is 0 Å². The molecule has 0 aliphatic carbocycles. The number of unbranched alkanes of at least 4 members (excludes halogenated alkanes) is 1. The largest absolute Gasteiger partial charge is 0.487 e. The van der Waals surface area contributed by atoms with E-state index in [1.54, 1.807) is 6.92 Å². The fourth-order valence-corrected chi connectivity index (χ4v) is 3.06. The van der Waals surface area contributed by atoms with E-state index in [4.69, 9.17) is 17.0 Å². The molecule has 0 aromatic heterocycles. The summed E-state index contributed by atoms with van der Waals surface area (Å²) in [5, 5.41) is 1.44. The molecule has 0 fully saturated rings. The normalized spacial score (nSPS) is 12.2. The van der Waals surface area contributed by atoms with Crippen LogP contribution in [0.5, 0.6) is 0 Å². The molecule has 0 rings (SSSR count). The van der Waals surface area contributed by atoms with E-state index in [-0.39, 0.29) is 5.12 Å². The van der Waals surface area contributed by atoms with Gasteiger partial charge in [0.25, 0.3) is 0 Å². The van der Waals surface area contributed by atoms with Crippen LogP contribution in [0, 0.1) is 0 Å². The summed E-state index contributed by atoms with van der Waals surface area (Å²) in [5.74, 6) is 0. The summed E-state index contributed by atoms with van der Waals surface area (Å²) >= 11 is 6.56. The Balaban J connectivity index is 3.66. The summed E-state index contributed by atoms with van der Waals surface area (Å²) in [6.07, 6.45) is 6.43. The van der Waals surface area contributed by atoms with Crippen LogP contribution in [0.3, 0.4) is 0 Å². The van der Waals surface area contributed by atoms with Crippen molar-refractivity contribution < 1.29 is 9.53 Å². The molecule has 1 atom stereocenters. The lowest BCUT2D eigenvalue weighted by Gasteiger charge is -2.13. The molecule has 0 spiro atoms. The molecule has 0 saturated heterocycles. The highest BCUT2D eigenvalue weighted by Gasteiger charge is 2.10. The number of carbonyl (C=O) groups is 1. The van der Waals surface area contributed by atoms with Gasteiger partial charge >= 0.3 is 0 Å². The second kappa shape index (κ2) is 11.0. The van der Waals surface area contributed by atoms with Gasteiger partial charge in [-0.2, -0.15) is 0 Å². The van der Waals surface area contributed by atoms with E-state index in [9.17, 15) is 4.79 Å². The summed E-state index contributed by atoms with van der Waals surface area (Å²) < 4.78 is 5.23. The van der Waals surface area contributed by atoms with Crippen molar-refractivity contribution >= 4 is 34.1 Å². The van der Waals surface area contributed by atoms with E-state index < -0.39 is 0 Å². The van der Waals surface area contributed by atoms with Crippen molar-refractivity contribution in [3.05, 3.63) is 0 Å². The van der Waals surface area contributed by atoms with Gasteiger partial charge in [-0.25, -0.2) is 0 Å². The van der Waals surface area contributed by atoms with Gasteiger partial charge < -0.3 is 4.74 Å². The quantitative estimate of drug-likeness (QED) is 0.462.